The Morgan fingerprint density at radius 3 is 2.85 bits per heavy atom. The van der Waals surface area contributed by atoms with Crippen LogP contribution in [-0.4, -0.2) is 27.1 Å². The minimum Gasteiger partial charge on any atom is -0.492 e. The third-order valence-electron chi connectivity index (χ3n) is 3.01. The molecule has 1 heterocycles. The van der Waals surface area contributed by atoms with Crippen LogP contribution in [0.1, 0.15) is 31.0 Å². The van der Waals surface area contributed by atoms with Gasteiger partial charge in [0.2, 0.25) is 0 Å². The summed E-state index contributed by atoms with van der Waals surface area (Å²) in [6.07, 6.45) is 1.78. The van der Waals surface area contributed by atoms with Crippen molar-refractivity contribution in [3.8, 4) is 5.75 Å². The topological polar surface area (TPSA) is 39.9 Å². The van der Waals surface area contributed by atoms with Crippen molar-refractivity contribution in [1.29, 1.82) is 0 Å². The number of thioether (sulfide) groups is 1. The number of ether oxygens (including phenoxy) is 1. The summed E-state index contributed by atoms with van der Waals surface area (Å²) >= 11 is 1.68. The zero-order chi connectivity index (χ0) is 14.5. The molecule has 0 saturated heterocycles. The van der Waals surface area contributed by atoms with E-state index in [-0.39, 0.29) is 0 Å². The Balaban J connectivity index is 1.84. The van der Waals surface area contributed by atoms with Gasteiger partial charge in [0, 0.05) is 11.8 Å². The summed E-state index contributed by atoms with van der Waals surface area (Å²) in [7, 11) is 0. The summed E-state index contributed by atoms with van der Waals surface area (Å²) in [4.78, 5) is 0. The molecule has 108 valence electrons. The molecule has 0 amide bonds. The van der Waals surface area contributed by atoms with E-state index >= 15 is 0 Å². The Morgan fingerprint density at radius 2 is 2.10 bits per heavy atom. The molecule has 0 spiro atoms. The Kier molecular flexibility index (Phi) is 5.06. The summed E-state index contributed by atoms with van der Waals surface area (Å²) in [5.74, 6) is 1.83. The van der Waals surface area contributed by atoms with Gasteiger partial charge in [0.1, 0.15) is 12.1 Å². The standard InChI is InChI=1S/C15H21N3OS/c1-11(2)18-10-16-17-15(18)20-8-7-19-14-9-12(3)5-6-13(14)4/h5-6,9-11H,7-8H2,1-4H3. The number of hydrogen-bond acceptors (Lipinski definition) is 4. The molecule has 1 aromatic heterocycles. The number of nitrogens with zero attached hydrogens (tertiary/aromatic N) is 3. The summed E-state index contributed by atoms with van der Waals surface area (Å²) in [6, 6.07) is 6.65. The quantitative estimate of drug-likeness (QED) is 0.601. The highest BCUT2D eigenvalue weighted by Gasteiger charge is 2.07. The van der Waals surface area contributed by atoms with E-state index in [0.717, 1.165) is 16.7 Å². The highest BCUT2D eigenvalue weighted by atomic mass is 32.2. The fourth-order valence-corrected chi connectivity index (χ4v) is 2.70. The van der Waals surface area contributed by atoms with E-state index in [2.05, 4.69) is 60.7 Å². The molecule has 0 aliphatic carbocycles. The second kappa shape index (κ2) is 6.79. The molecule has 20 heavy (non-hydrogen) atoms. The Bertz CT molecular complexity index is 566. The summed E-state index contributed by atoms with van der Waals surface area (Å²) in [6.45, 7) is 9.06. The van der Waals surface area contributed by atoms with Crippen LogP contribution in [0.3, 0.4) is 0 Å². The molecular weight excluding hydrogens is 270 g/mol. The molecular formula is C15H21N3OS. The van der Waals surface area contributed by atoms with Crippen LogP contribution in [-0.2, 0) is 0 Å². The number of rotatable bonds is 6. The van der Waals surface area contributed by atoms with Crippen LogP contribution in [0, 0.1) is 13.8 Å². The van der Waals surface area contributed by atoms with E-state index in [1.807, 2.05) is 0 Å². The van der Waals surface area contributed by atoms with Crippen molar-refractivity contribution >= 4 is 11.8 Å². The third-order valence-corrected chi connectivity index (χ3v) is 3.93. The van der Waals surface area contributed by atoms with E-state index in [4.69, 9.17) is 4.74 Å². The van der Waals surface area contributed by atoms with Gasteiger partial charge in [-0.25, -0.2) is 0 Å². The van der Waals surface area contributed by atoms with E-state index in [9.17, 15) is 0 Å². The smallest absolute Gasteiger partial charge is 0.191 e. The van der Waals surface area contributed by atoms with Crippen LogP contribution in [0.4, 0.5) is 0 Å². The molecule has 5 heteroatoms. The van der Waals surface area contributed by atoms with Gasteiger partial charge < -0.3 is 9.30 Å². The predicted molar refractivity (Wildman–Crippen MR) is 82.5 cm³/mol. The summed E-state index contributed by atoms with van der Waals surface area (Å²) in [5, 5.41) is 9.04. The van der Waals surface area contributed by atoms with Gasteiger partial charge in [-0.15, -0.1) is 10.2 Å². The third kappa shape index (κ3) is 3.76. The van der Waals surface area contributed by atoms with Crippen molar-refractivity contribution in [2.75, 3.05) is 12.4 Å². The Labute approximate surface area is 124 Å². The first-order valence-electron chi connectivity index (χ1n) is 6.80. The van der Waals surface area contributed by atoms with E-state index in [1.54, 1.807) is 18.1 Å². The molecule has 0 radical (unpaired) electrons. The minimum absolute atomic E-state index is 0.382. The maximum atomic E-state index is 5.84. The van der Waals surface area contributed by atoms with Crippen LogP contribution in [0.2, 0.25) is 0 Å². The highest BCUT2D eigenvalue weighted by molar-refractivity contribution is 7.99. The van der Waals surface area contributed by atoms with Crippen molar-refractivity contribution < 1.29 is 4.74 Å². The fraction of sp³-hybridized carbons (Fsp3) is 0.467. The normalized spacial score (nSPS) is 11.1. The molecule has 2 aromatic rings. The van der Waals surface area contributed by atoms with Gasteiger partial charge in [-0.3, -0.25) is 0 Å². The molecule has 1 aromatic carbocycles. The maximum absolute atomic E-state index is 5.84. The van der Waals surface area contributed by atoms with Crippen LogP contribution in [0.5, 0.6) is 5.75 Å². The second-order valence-electron chi connectivity index (χ2n) is 5.08. The highest BCUT2D eigenvalue weighted by Crippen LogP contribution is 2.21. The maximum Gasteiger partial charge on any atom is 0.191 e. The SMILES string of the molecule is Cc1ccc(C)c(OCCSc2nncn2C(C)C)c1. The van der Waals surface area contributed by atoms with E-state index in [0.29, 0.717) is 12.6 Å². The van der Waals surface area contributed by atoms with Crippen molar-refractivity contribution in [1.82, 2.24) is 14.8 Å². The van der Waals surface area contributed by atoms with Crippen molar-refractivity contribution in [3.05, 3.63) is 35.7 Å². The molecule has 0 saturated carbocycles. The minimum atomic E-state index is 0.382. The van der Waals surface area contributed by atoms with Crippen molar-refractivity contribution in [2.45, 2.75) is 38.9 Å². The van der Waals surface area contributed by atoms with Crippen molar-refractivity contribution in [3.63, 3.8) is 0 Å². The van der Waals surface area contributed by atoms with Gasteiger partial charge in [0.15, 0.2) is 5.16 Å². The molecule has 0 aliphatic rings. The first-order valence-corrected chi connectivity index (χ1v) is 7.79. The van der Waals surface area contributed by atoms with E-state index < -0.39 is 0 Å². The van der Waals surface area contributed by atoms with Gasteiger partial charge in [-0.05, 0) is 44.9 Å². The van der Waals surface area contributed by atoms with Crippen LogP contribution in [0.15, 0.2) is 29.7 Å². The lowest BCUT2D eigenvalue weighted by Gasteiger charge is -2.11. The zero-order valence-corrected chi connectivity index (χ0v) is 13.3. The number of aromatic nitrogens is 3. The molecule has 4 nitrogen and oxygen atoms in total. The lowest BCUT2D eigenvalue weighted by atomic mass is 10.1. The average Bonchev–Trinajstić information content (AvgIpc) is 2.87. The van der Waals surface area contributed by atoms with Gasteiger partial charge >= 0.3 is 0 Å². The van der Waals surface area contributed by atoms with Gasteiger partial charge in [-0.1, -0.05) is 23.9 Å². The molecule has 0 fully saturated rings. The monoisotopic (exact) mass is 291 g/mol. The number of benzene rings is 1. The molecule has 2 rings (SSSR count). The zero-order valence-electron chi connectivity index (χ0n) is 12.5. The number of aryl methyl sites for hydroxylation is 2. The van der Waals surface area contributed by atoms with Crippen LogP contribution < -0.4 is 4.74 Å². The van der Waals surface area contributed by atoms with E-state index in [1.165, 1.54) is 11.1 Å². The Hall–Kier alpha value is -1.49. The average molecular weight is 291 g/mol. The molecule has 0 bridgehead atoms. The molecule has 0 unspecified atom stereocenters. The number of hydrogen-bond donors (Lipinski definition) is 0. The van der Waals surface area contributed by atoms with Gasteiger partial charge in [0.05, 0.1) is 6.61 Å². The first-order chi connectivity index (χ1) is 9.58. The molecule has 0 aliphatic heterocycles. The first kappa shape index (κ1) is 14.9. The molecule has 0 atom stereocenters. The van der Waals surface area contributed by atoms with Gasteiger partial charge in [0.25, 0.3) is 0 Å². The lowest BCUT2D eigenvalue weighted by molar-refractivity contribution is 0.341. The van der Waals surface area contributed by atoms with Crippen LogP contribution >= 0.6 is 11.8 Å². The predicted octanol–water partition coefficient (Wildman–Crippen LogP) is 3.65. The second-order valence-corrected chi connectivity index (χ2v) is 6.14. The fourth-order valence-electron chi connectivity index (χ4n) is 1.84. The lowest BCUT2D eigenvalue weighted by Crippen LogP contribution is -2.05. The summed E-state index contributed by atoms with van der Waals surface area (Å²) in [5.41, 5.74) is 2.39. The summed E-state index contributed by atoms with van der Waals surface area (Å²) < 4.78 is 7.91. The largest absolute Gasteiger partial charge is 0.492 e. The van der Waals surface area contributed by atoms with Gasteiger partial charge in [-0.2, -0.15) is 0 Å². The van der Waals surface area contributed by atoms with Crippen molar-refractivity contribution in [2.24, 2.45) is 0 Å². The van der Waals surface area contributed by atoms with Crippen LogP contribution in [0.25, 0.3) is 0 Å². The Morgan fingerprint density at radius 1 is 1.30 bits per heavy atom. The molecule has 0 N–H and O–H groups in total.